The summed E-state index contributed by atoms with van der Waals surface area (Å²) in [6, 6.07) is 8.34. The average molecular weight is 442 g/mol. The van der Waals surface area contributed by atoms with Gasteiger partial charge in [0.2, 0.25) is 5.91 Å². The van der Waals surface area contributed by atoms with Crippen LogP contribution < -0.4 is 15.0 Å². The highest BCUT2D eigenvalue weighted by molar-refractivity contribution is 6.33. The van der Waals surface area contributed by atoms with Gasteiger partial charge in [-0.3, -0.25) is 19.4 Å². The van der Waals surface area contributed by atoms with Crippen molar-refractivity contribution in [1.29, 1.82) is 0 Å². The van der Waals surface area contributed by atoms with Gasteiger partial charge in [0.25, 0.3) is 11.8 Å². The number of nitrogens with zero attached hydrogens (tertiary/aromatic N) is 4. The summed E-state index contributed by atoms with van der Waals surface area (Å²) in [7, 11) is 1.47. The number of carbonyl (C=O) groups excluding carboxylic acids is 3. The number of imide groups is 1. The van der Waals surface area contributed by atoms with Gasteiger partial charge < -0.3 is 10.1 Å². The summed E-state index contributed by atoms with van der Waals surface area (Å²) < 4.78 is 5.11. The summed E-state index contributed by atoms with van der Waals surface area (Å²) >= 11 is 6.14. The molecule has 0 bridgehead atoms. The molecule has 1 saturated heterocycles. The lowest BCUT2D eigenvalue weighted by Gasteiger charge is -2.21. The van der Waals surface area contributed by atoms with Crippen molar-refractivity contribution in [3.8, 4) is 5.75 Å². The zero-order valence-electron chi connectivity index (χ0n) is 17.1. The smallest absolute Gasteiger partial charge is 0.263 e. The third-order valence-corrected chi connectivity index (χ3v) is 5.60. The van der Waals surface area contributed by atoms with Crippen molar-refractivity contribution in [3.63, 3.8) is 0 Å². The van der Waals surface area contributed by atoms with Crippen LogP contribution in [0.3, 0.4) is 0 Å². The second kappa shape index (κ2) is 7.99. The molecule has 31 heavy (non-hydrogen) atoms. The van der Waals surface area contributed by atoms with Crippen LogP contribution in [0.4, 0.5) is 11.4 Å². The number of amides is 3. The van der Waals surface area contributed by atoms with Crippen molar-refractivity contribution < 1.29 is 19.1 Å². The molecule has 0 spiro atoms. The van der Waals surface area contributed by atoms with Crippen LogP contribution in [-0.4, -0.2) is 48.5 Å². The Labute approximate surface area is 183 Å². The predicted molar refractivity (Wildman–Crippen MR) is 114 cm³/mol. The molecule has 0 saturated carbocycles. The lowest BCUT2D eigenvalue weighted by molar-refractivity contribution is -0.123. The van der Waals surface area contributed by atoms with E-state index in [-0.39, 0.29) is 17.5 Å². The minimum Gasteiger partial charge on any atom is -0.495 e. The summed E-state index contributed by atoms with van der Waals surface area (Å²) in [5, 5.41) is 12.2. The fourth-order valence-electron chi connectivity index (χ4n) is 3.74. The van der Waals surface area contributed by atoms with Gasteiger partial charge in [-0.05, 0) is 43.2 Å². The lowest BCUT2D eigenvalue weighted by Crippen LogP contribution is -2.43. The highest BCUT2D eigenvalue weighted by atomic mass is 35.5. The summed E-state index contributed by atoms with van der Waals surface area (Å²) in [6.07, 6.45) is 0. The zero-order chi connectivity index (χ0) is 22.3. The summed E-state index contributed by atoms with van der Waals surface area (Å²) in [6.45, 7) is 3.57. The molecule has 1 fully saturated rings. The first-order valence-electron chi connectivity index (χ1n) is 9.56. The van der Waals surface area contributed by atoms with Gasteiger partial charge in [0, 0.05) is 5.69 Å². The van der Waals surface area contributed by atoms with E-state index in [4.69, 9.17) is 16.3 Å². The van der Waals surface area contributed by atoms with Gasteiger partial charge >= 0.3 is 0 Å². The molecule has 160 valence electrons. The monoisotopic (exact) mass is 441 g/mol. The van der Waals surface area contributed by atoms with E-state index in [2.05, 4.69) is 15.7 Å². The number of rotatable bonds is 5. The van der Waals surface area contributed by atoms with Crippen LogP contribution in [0.2, 0.25) is 5.02 Å². The number of carbonyl (C=O) groups is 3. The fourth-order valence-corrected chi connectivity index (χ4v) is 3.99. The minimum absolute atomic E-state index is 0.214. The maximum Gasteiger partial charge on any atom is 0.263 e. The number of anilines is 2. The quantitative estimate of drug-likeness (QED) is 0.718. The molecule has 2 heterocycles. The Morgan fingerprint density at radius 1 is 1.16 bits per heavy atom. The topological polar surface area (TPSA) is 104 Å². The number of aryl methyl sites for hydroxylation is 2. The normalized spacial score (nSPS) is 19.7. The highest BCUT2D eigenvalue weighted by Gasteiger charge is 2.55. The molecule has 0 aromatic heterocycles. The summed E-state index contributed by atoms with van der Waals surface area (Å²) in [5.74, 6) is -0.962. The fraction of sp³-hybridized carbons (Fsp3) is 0.286. The average Bonchev–Trinajstić information content (AvgIpc) is 3.24. The van der Waals surface area contributed by atoms with Crippen LogP contribution in [-0.2, 0) is 14.4 Å². The van der Waals surface area contributed by atoms with Gasteiger partial charge in [-0.2, -0.15) is 5.11 Å². The van der Waals surface area contributed by atoms with Gasteiger partial charge in [0.15, 0.2) is 12.1 Å². The molecule has 2 atom stereocenters. The van der Waals surface area contributed by atoms with Gasteiger partial charge in [-0.25, -0.2) is 4.90 Å². The third-order valence-electron chi connectivity index (χ3n) is 5.30. The molecule has 2 aromatic rings. The molecular weight excluding hydrogens is 422 g/mol. The lowest BCUT2D eigenvalue weighted by atomic mass is 10.1. The Morgan fingerprint density at radius 2 is 1.87 bits per heavy atom. The Balaban J connectivity index is 1.52. The van der Waals surface area contributed by atoms with Crippen LogP contribution in [0.1, 0.15) is 11.1 Å². The van der Waals surface area contributed by atoms with E-state index in [9.17, 15) is 14.4 Å². The number of ether oxygens (including phenoxy) is 1. The molecule has 0 radical (unpaired) electrons. The van der Waals surface area contributed by atoms with E-state index >= 15 is 0 Å². The second-order valence-electron chi connectivity index (χ2n) is 7.34. The van der Waals surface area contributed by atoms with Crippen molar-refractivity contribution in [2.75, 3.05) is 23.9 Å². The highest BCUT2D eigenvalue weighted by Crippen LogP contribution is 2.35. The Bertz CT molecular complexity index is 1100. The number of methoxy groups -OCH3 is 1. The van der Waals surface area contributed by atoms with E-state index in [1.54, 1.807) is 12.1 Å². The van der Waals surface area contributed by atoms with Crippen LogP contribution in [0.15, 0.2) is 46.7 Å². The minimum atomic E-state index is -0.999. The zero-order valence-corrected chi connectivity index (χ0v) is 17.9. The van der Waals surface area contributed by atoms with Gasteiger partial charge in [-0.1, -0.05) is 35.0 Å². The first kappa shape index (κ1) is 20.8. The van der Waals surface area contributed by atoms with E-state index in [1.807, 2.05) is 32.0 Å². The number of nitrogens with one attached hydrogen (secondary N) is 1. The molecular formula is C21H20ClN5O4. The van der Waals surface area contributed by atoms with Crippen molar-refractivity contribution in [3.05, 3.63) is 52.5 Å². The van der Waals surface area contributed by atoms with Crippen LogP contribution in [0, 0.1) is 13.8 Å². The number of halogens is 1. The van der Waals surface area contributed by atoms with Gasteiger partial charge in [-0.15, -0.1) is 0 Å². The largest absolute Gasteiger partial charge is 0.495 e. The van der Waals surface area contributed by atoms with E-state index in [0.717, 1.165) is 16.0 Å². The Hall–Kier alpha value is -3.46. The van der Waals surface area contributed by atoms with Crippen LogP contribution in [0.25, 0.3) is 0 Å². The van der Waals surface area contributed by atoms with Crippen LogP contribution >= 0.6 is 11.6 Å². The summed E-state index contributed by atoms with van der Waals surface area (Å²) in [4.78, 5) is 39.5. The van der Waals surface area contributed by atoms with Crippen molar-refractivity contribution in [2.45, 2.75) is 25.9 Å². The molecule has 1 N–H and O–H groups in total. The molecule has 3 amide bonds. The molecule has 2 aliphatic heterocycles. The maximum absolute atomic E-state index is 13.1. The first-order valence-corrected chi connectivity index (χ1v) is 9.94. The number of benzene rings is 2. The maximum atomic E-state index is 13.1. The number of para-hydroxylation sites is 1. The summed E-state index contributed by atoms with van der Waals surface area (Å²) in [5.41, 5.74) is 2.86. The third kappa shape index (κ3) is 3.61. The van der Waals surface area contributed by atoms with E-state index in [0.29, 0.717) is 17.1 Å². The molecule has 0 aliphatic carbocycles. The number of fused-ring (bicyclic) bond motifs is 1. The van der Waals surface area contributed by atoms with Gasteiger partial charge in [0.1, 0.15) is 12.3 Å². The molecule has 9 nitrogen and oxygen atoms in total. The Morgan fingerprint density at radius 3 is 2.52 bits per heavy atom. The predicted octanol–water partition coefficient (Wildman–Crippen LogP) is 2.90. The molecule has 2 aliphatic rings. The first-order chi connectivity index (χ1) is 14.8. The number of hydrogen-bond donors (Lipinski definition) is 1. The van der Waals surface area contributed by atoms with Gasteiger partial charge in [0.05, 0.1) is 17.8 Å². The molecule has 0 unspecified atom stereocenters. The second-order valence-corrected chi connectivity index (χ2v) is 7.75. The Kier molecular flexibility index (Phi) is 5.36. The van der Waals surface area contributed by atoms with Crippen LogP contribution in [0.5, 0.6) is 5.75 Å². The van der Waals surface area contributed by atoms with Crippen molar-refractivity contribution >= 4 is 40.7 Å². The van der Waals surface area contributed by atoms with Crippen molar-refractivity contribution in [2.24, 2.45) is 10.3 Å². The van der Waals surface area contributed by atoms with E-state index in [1.165, 1.54) is 18.2 Å². The van der Waals surface area contributed by atoms with Crippen molar-refractivity contribution in [1.82, 2.24) is 5.01 Å². The molecule has 4 rings (SSSR count). The number of hydrogen-bond acceptors (Lipinski definition) is 7. The SMILES string of the molecule is COc1ccc(N2C(=O)[C@@H]3N=NN(CC(=O)Nc4c(C)cccc4C)[C@H]3C2=O)cc1Cl. The molecule has 2 aromatic carbocycles. The molecule has 10 heteroatoms. The standard InChI is InChI=1S/C21H20ClN5O4/c1-11-5-4-6-12(2)17(11)23-16(28)10-26-19-18(24-25-26)20(29)27(21(19)30)13-7-8-15(31-3)14(22)9-13/h4-9,18-19H,10H2,1-3H3,(H,23,28)/t18-,19-/m1/s1. The van der Waals surface area contributed by atoms with E-state index < -0.39 is 23.9 Å².